The minimum Gasteiger partial charge on any atom is -0.344 e. The predicted molar refractivity (Wildman–Crippen MR) is 125 cm³/mol. The first-order chi connectivity index (χ1) is 15.4. The van der Waals surface area contributed by atoms with E-state index in [4.69, 9.17) is 0 Å². The molecule has 1 fully saturated rings. The van der Waals surface area contributed by atoms with E-state index in [9.17, 15) is 14.4 Å². The molecule has 0 aromatic heterocycles. The molecule has 32 heavy (non-hydrogen) atoms. The van der Waals surface area contributed by atoms with Crippen molar-refractivity contribution in [3.8, 4) is 0 Å². The number of aliphatic imine (C=N–C) groups is 1. The van der Waals surface area contributed by atoms with Crippen LogP contribution in [0.4, 0.5) is 0 Å². The van der Waals surface area contributed by atoms with Crippen molar-refractivity contribution in [2.24, 2.45) is 10.9 Å². The van der Waals surface area contributed by atoms with Crippen LogP contribution in [0.3, 0.4) is 0 Å². The molecule has 7 heteroatoms. The Balaban J connectivity index is 1.58. The van der Waals surface area contributed by atoms with E-state index in [1.54, 1.807) is 6.21 Å². The molecule has 2 aliphatic rings. The quantitative estimate of drug-likeness (QED) is 0.579. The smallest absolute Gasteiger partial charge is 0.250 e. The normalized spacial score (nSPS) is 21.0. The summed E-state index contributed by atoms with van der Waals surface area (Å²) in [7, 11) is 0. The molecule has 1 aromatic rings. The maximum absolute atomic E-state index is 13.0. The summed E-state index contributed by atoms with van der Waals surface area (Å²) < 4.78 is 0. The van der Waals surface area contributed by atoms with Crippen molar-refractivity contribution in [1.29, 1.82) is 0 Å². The molecule has 0 saturated heterocycles. The zero-order valence-electron chi connectivity index (χ0n) is 19.2. The lowest BCUT2D eigenvalue weighted by Crippen LogP contribution is -2.61. The molecule has 7 nitrogen and oxygen atoms in total. The van der Waals surface area contributed by atoms with Crippen molar-refractivity contribution >= 4 is 23.9 Å². The fraction of sp³-hybridized carbons (Fsp3) is 0.600. The van der Waals surface area contributed by atoms with E-state index in [0.717, 1.165) is 44.1 Å². The van der Waals surface area contributed by atoms with Gasteiger partial charge in [0.25, 0.3) is 0 Å². The van der Waals surface area contributed by atoms with Crippen LogP contribution in [0.15, 0.2) is 35.3 Å². The second-order valence-corrected chi connectivity index (χ2v) is 9.43. The van der Waals surface area contributed by atoms with Crippen molar-refractivity contribution in [2.45, 2.75) is 89.4 Å². The minimum absolute atomic E-state index is 0.172. The lowest BCUT2D eigenvalue weighted by atomic mass is 9.98. The number of hydrogen-bond acceptors (Lipinski definition) is 4. The molecule has 0 radical (unpaired) electrons. The Labute approximate surface area is 190 Å². The second-order valence-electron chi connectivity index (χ2n) is 9.43. The molecular formula is C25H36N4O3. The van der Waals surface area contributed by atoms with Gasteiger partial charge in [0, 0.05) is 12.6 Å². The summed E-state index contributed by atoms with van der Waals surface area (Å²) in [6.45, 7) is 4.00. The Morgan fingerprint density at radius 2 is 1.81 bits per heavy atom. The summed E-state index contributed by atoms with van der Waals surface area (Å²) in [5.74, 6) is -0.541. The SMILES string of the molecule is CC(C)C[C@H](NC(=O)CCc1ccccc1)C(=O)NC1C=NC2(CCCCCC2)NC1=O. The van der Waals surface area contributed by atoms with E-state index in [1.165, 1.54) is 0 Å². The molecule has 1 aromatic carbocycles. The highest BCUT2D eigenvalue weighted by atomic mass is 16.2. The Morgan fingerprint density at radius 3 is 2.44 bits per heavy atom. The van der Waals surface area contributed by atoms with Crippen molar-refractivity contribution in [2.75, 3.05) is 0 Å². The summed E-state index contributed by atoms with van der Waals surface area (Å²) in [5.41, 5.74) is 0.563. The molecule has 1 aliphatic carbocycles. The number of carbonyl (C=O) groups is 3. The van der Waals surface area contributed by atoms with Crippen LogP contribution < -0.4 is 16.0 Å². The maximum atomic E-state index is 13.0. The van der Waals surface area contributed by atoms with Crippen LogP contribution in [0.1, 0.15) is 70.8 Å². The third-order valence-electron chi connectivity index (χ3n) is 6.18. The molecule has 1 heterocycles. The Morgan fingerprint density at radius 1 is 1.12 bits per heavy atom. The first-order valence-corrected chi connectivity index (χ1v) is 11.9. The monoisotopic (exact) mass is 440 g/mol. The molecule has 3 N–H and O–H groups in total. The van der Waals surface area contributed by atoms with E-state index >= 15 is 0 Å². The average molecular weight is 441 g/mol. The van der Waals surface area contributed by atoms with E-state index < -0.39 is 17.7 Å². The number of carbonyl (C=O) groups excluding carboxylic acids is 3. The zero-order chi connectivity index (χ0) is 23.0. The fourth-order valence-electron chi connectivity index (χ4n) is 4.42. The molecule has 3 amide bonds. The van der Waals surface area contributed by atoms with Crippen molar-refractivity contribution in [3.05, 3.63) is 35.9 Å². The van der Waals surface area contributed by atoms with Gasteiger partial charge in [0.1, 0.15) is 17.7 Å². The van der Waals surface area contributed by atoms with E-state index in [2.05, 4.69) is 20.9 Å². The lowest BCUT2D eigenvalue weighted by Gasteiger charge is -2.35. The largest absolute Gasteiger partial charge is 0.344 e. The number of amides is 3. The van der Waals surface area contributed by atoms with Gasteiger partial charge in [0.05, 0.1) is 0 Å². The molecule has 1 spiro atoms. The van der Waals surface area contributed by atoms with Crippen LogP contribution in [-0.4, -0.2) is 41.7 Å². The number of benzene rings is 1. The van der Waals surface area contributed by atoms with Gasteiger partial charge in [-0.25, -0.2) is 0 Å². The minimum atomic E-state index is -0.813. The van der Waals surface area contributed by atoms with Gasteiger partial charge in [-0.2, -0.15) is 0 Å². The Bertz CT molecular complexity index is 814. The highest BCUT2D eigenvalue weighted by molar-refractivity contribution is 6.03. The Hall–Kier alpha value is -2.70. The topological polar surface area (TPSA) is 99.7 Å². The first kappa shape index (κ1) is 24.0. The standard InChI is InChI=1S/C25H36N4O3/c1-18(2)16-20(27-22(30)13-12-19-10-6-5-7-11-19)23(31)28-21-17-26-25(29-24(21)32)14-8-3-4-9-15-25/h5-7,10-11,17-18,20-21H,3-4,8-9,12-16H2,1-2H3,(H,27,30)(H,28,31)(H,29,32)/t20-,21?/m0/s1. The fourth-order valence-corrected chi connectivity index (χ4v) is 4.42. The predicted octanol–water partition coefficient (Wildman–Crippen LogP) is 2.89. The van der Waals surface area contributed by atoms with Gasteiger partial charge >= 0.3 is 0 Å². The first-order valence-electron chi connectivity index (χ1n) is 11.9. The van der Waals surface area contributed by atoms with E-state index in [1.807, 2.05) is 44.2 Å². The van der Waals surface area contributed by atoms with E-state index in [0.29, 0.717) is 19.3 Å². The van der Waals surface area contributed by atoms with Gasteiger partial charge in [-0.3, -0.25) is 19.4 Å². The van der Waals surface area contributed by atoms with Gasteiger partial charge in [-0.15, -0.1) is 0 Å². The van der Waals surface area contributed by atoms with Gasteiger partial charge in [-0.1, -0.05) is 57.0 Å². The average Bonchev–Trinajstić information content (AvgIpc) is 2.99. The van der Waals surface area contributed by atoms with Gasteiger partial charge in [0.2, 0.25) is 17.7 Å². The van der Waals surface area contributed by atoms with Crippen LogP contribution >= 0.6 is 0 Å². The highest BCUT2D eigenvalue weighted by Crippen LogP contribution is 2.29. The molecular weight excluding hydrogens is 404 g/mol. The number of nitrogens with one attached hydrogen (secondary N) is 3. The summed E-state index contributed by atoms with van der Waals surface area (Å²) in [4.78, 5) is 42.9. The molecule has 1 aliphatic heterocycles. The van der Waals surface area contributed by atoms with Crippen LogP contribution in [0.2, 0.25) is 0 Å². The van der Waals surface area contributed by atoms with Gasteiger partial charge in [0.15, 0.2) is 0 Å². The van der Waals surface area contributed by atoms with Crippen LogP contribution in [0.25, 0.3) is 0 Å². The second kappa shape index (κ2) is 11.2. The van der Waals surface area contributed by atoms with Gasteiger partial charge in [-0.05, 0) is 50.0 Å². The maximum Gasteiger partial charge on any atom is 0.250 e. The number of nitrogens with zero attached hydrogens (tertiary/aromatic N) is 1. The number of hydrogen-bond donors (Lipinski definition) is 3. The summed E-state index contributed by atoms with van der Waals surface area (Å²) in [6.07, 6.45) is 9.07. The van der Waals surface area contributed by atoms with Crippen LogP contribution in [-0.2, 0) is 20.8 Å². The van der Waals surface area contributed by atoms with Crippen molar-refractivity contribution in [1.82, 2.24) is 16.0 Å². The summed E-state index contributed by atoms with van der Waals surface area (Å²) in [6, 6.07) is 8.28. The third-order valence-corrected chi connectivity index (χ3v) is 6.18. The molecule has 1 unspecified atom stereocenters. The lowest BCUT2D eigenvalue weighted by molar-refractivity contribution is -0.132. The Kier molecular flexibility index (Phi) is 8.42. The third kappa shape index (κ3) is 6.90. The number of rotatable bonds is 8. The van der Waals surface area contributed by atoms with Crippen LogP contribution in [0.5, 0.6) is 0 Å². The van der Waals surface area contributed by atoms with Crippen LogP contribution in [0, 0.1) is 5.92 Å². The molecule has 3 rings (SSSR count). The van der Waals surface area contributed by atoms with Crippen molar-refractivity contribution < 1.29 is 14.4 Å². The van der Waals surface area contributed by atoms with E-state index in [-0.39, 0.29) is 23.6 Å². The van der Waals surface area contributed by atoms with Crippen molar-refractivity contribution in [3.63, 3.8) is 0 Å². The molecule has 0 bridgehead atoms. The summed E-state index contributed by atoms with van der Waals surface area (Å²) in [5, 5.41) is 8.68. The number of aryl methyl sites for hydroxylation is 1. The van der Waals surface area contributed by atoms with Gasteiger partial charge < -0.3 is 16.0 Å². The highest BCUT2D eigenvalue weighted by Gasteiger charge is 2.38. The molecule has 174 valence electrons. The molecule has 2 atom stereocenters. The zero-order valence-corrected chi connectivity index (χ0v) is 19.2. The summed E-state index contributed by atoms with van der Waals surface area (Å²) >= 11 is 0. The molecule has 1 saturated carbocycles.